The molecule has 112 valence electrons. The van der Waals surface area contributed by atoms with Crippen LogP contribution in [0.5, 0.6) is 0 Å². The van der Waals surface area contributed by atoms with Crippen LogP contribution >= 0.6 is 0 Å². The molecule has 0 nitrogen and oxygen atoms in total. The maximum atomic E-state index is 13.0. The second-order valence-corrected chi connectivity index (χ2v) is 6.07. The van der Waals surface area contributed by atoms with Gasteiger partial charge in [0.2, 0.25) is 0 Å². The van der Waals surface area contributed by atoms with Gasteiger partial charge in [-0.15, -0.1) is 0 Å². The molecular weight excluding hydrogens is 273 g/mol. The fourth-order valence-electron chi connectivity index (χ4n) is 2.32. The highest BCUT2D eigenvalue weighted by molar-refractivity contribution is 5.67. The van der Waals surface area contributed by atoms with Crippen molar-refractivity contribution in [3.8, 4) is 11.1 Å². The number of alkyl halides is 3. The molecule has 0 atom stereocenters. The molecule has 0 saturated heterocycles. The molecule has 2 aromatic carbocycles. The third kappa shape index (κ3) is 3.46. The van der Waals surface area contributed by atoms with Gasteiger partial charge in [0.05, 0.1) is 5.41 Å². The molecule has 0 spiro atoms. The van der Waals surface area contributed by atoms with Gasteiger partial charge in [0.15, 0.2) is 0 Å². The zero-order valence-corrected chi connectivity index (χ0v) is 12.5. The quantitative estimate of drug-likeness (QED) is 0.671. The summed E-state index contributed by atoms with van der Waals surface area (Å²) in [5, 5.41) is 0. The molecule has 0 aromatic heterocycles. The minimum absolute atomic E-state index is 0.0172. The van der Waals surface area contributed by atoms with Crippen LogP contribution in [0.1, 0.15) is 25.0 Å². The zero-order valence-electron chi connectivity index (χ0n) is 12.5. The lowest BCUT2D eigenvalue weighted by Gasteiger charge is -2.28. The van der Waals surface area contributed by atoms with E-state index in [9.17, 15) is 13.2 Å². The first-order valence-corrected chi connectivity index (χ1v) is 6.92. The average Bonchev–Trinajstić information content (AvgIpc) is 2.40. The van der Waals surface area contributed by atoms with Crippen LogP contribution in [0.25, 0.3) is 11.1 Å². The van der Waals surface area contributed by atoms with Crippen molar-refractivity contribution < 1.29 is 13.2 Å². The maximum Gasteiger partial charge on any atom is 0.394 e. The van der Waals surface area contributed by atoms with Crippen molar-refractivity contribution in [1.82, 2.24) is 0 Å². The molecule has 0 fully saturated rings. The molecule has 2 aromatic rings. The molecular formula is C18H19F3. The Hall–Kier alpha value is -1.77. The molecule has 0 aliphatic rings. The second-order valence-electron chi connectivity index (χ2n) is 6.07. The average molecular weight is 292 g/mol. The number of aryl methyl sites for hydroxylation is 1. The van der Waals surface area contributed by atoms with Crippen molar-refractivity contribution in [2.24, 2.45) is 5.41 Å². The Labute approximate surface area is 123 Å². The summed E-state index contributed by atoms with van der Waals surface area (Å²) in [6.45, 7) is 4.46. The molecule has 0 bridgehead atoms. The van der Waals surface area contributed by atoms with Crippen LogP contribution in [0.15, 0.2) is 48.5 Å². The third-order valence-electron chi connectivity index (χ3n) is 3.80. The van der Waals surface area contributed by atoms with Gasteiger partial charge >= 0.3 is 6.18 Å². The van der Waals surface area contributed by atoms with E-state index in [4.69, 9.17) is 0 Å². The molecule has 21 heavy (non-hydrogen) atoms. The predicted molar refractivity (Wildman–Crippen MR) is 80.2 cm³/mol. The molecule has 2 rings (SSSR count). The number of hydrogen-bond donors (Lipinski definition) is 0. The number of benzene rings is 2. The van der Waals surface area contributed by atoms with E-state index in [1.165, 1.54) is 13.8 Å². The highest BCUT2D eigenvalue weighted by Crippen LogP contribution is 2.40. The number of hydrogen-bond acceptors (Lipinski definition) is 0. The van der Waals surface area contributed by atoms with E-state index in [2.05, 4.69) is 0 Å². The summed E-state index contributed by atoms with van der Waals surface area (Å²) in [5.74, 6) is 0. The SMILES string of the molecule is Cc1ccc(CC(C)(C)C(F)(F)F)cc1-c1ccccc1. The van der Waals surface area contributed by atoms with Crippen LogP contribution in [-0.4, -0.2) is 6.18 Å². The Morgan fingerprint density at radius 2 is 1.52 bits per heavy atom. The predicted octanol–water partition coefficient (Wildman–Crippen LogP) is 5.79. The normalized spacial score (nSPS) is 12.5. The minimum atomic E-state index is -4.20. The van der Waals surface area contributed by atoms with Crippen LogP contribution in [-0.2, 0) is 6.42 Å². The van der Waals surface area contributed by atoms with Gasteiger partial charge in [0.1, 0.15) is 0 Å². The minimum Gasteiger partial charge on any atom is -0.171 e. The Balaban J connectivity index is 2.36. The van der Waals surface area contributed by atoms with E-state index < -0.39 is 11.6 Å². The smallest absolute Gasteiger partial charge is 0.171 e. The van der Waals surface area contributed by atoms with E-state index in [1.54, 1.807) is 6.07 Å². The second kappa shape index (κ2) is 5.55. The lowest BCUT2D eigenvalue weighted by Crippen LogP contribution is -2.34. The summed E-state index contributed by atoms with van der Waals surface area (Å²) in [6, 6.07) is 15.3. The Morgan fingerprint density at radius 3 is 2.10 bits per heavy atom. The summed E-state index contributed by atoms with van der Waals surface area (Å²) in [4.78, 5) is 0. The first-order valence-electron chi connectivity index (χ1n) is 6.92. The third-order valence-corrected chi connectivity index (χ3v) is 3.80. The molecule has 0 saturated carbocycles. The zero-order chi connectivity index (χ0) is 15.7. The van der Waals surface area contributed by atoms with Gasteiger partial charge in [0, 0.05) is 0 Å². The van der Waals surface area contributed by atoms with Crippen LogP contribution in [0, 0.1) is 12.3 Å². The lowest BCUT2D eigenvalue weighted by molar-refractivity contribution is -0.211. The van der Waals surface area contributed by atoms with E-state index in [-0.39, 0.29) is 6.42 Å². The molecule has 0 aliphatic heterocycles. The molecule has 0 N–H and O–H groups in total. The molecule has 3 heteroatoms. The summed E-state index contributed by atoms with van der Waals surface area (Å²) in [7, 11) is 0. The lowest BCUT2D eigenvalue weighted by atomic mass is 9.84. The van der Waals surface area contributed by atoms with E-state index >= 15 is 0 Å². The molecule has 0 aliphatic carbocycles. The highest BCUT2D eigenvalue weighted by atomic mass is 19.4. The van der Waals surface area contributed by atoms with Crippen molar-refractivity contribution in [2.75, 3.05) is 0 Å². The Bertz CT molecular complexity index is 610. The first kappa shape index (κ1) is 15.6. The molecule has 0 unspecified atom stereocenters. The van der Waals surface area contributed by atoms with Crippen LogP contribution in [0.3, 0.4) is 0 Å². The maximum absolute atomic E-state index is 13.0. The monoisotopic (exact) mass is 292 g/mol. The van der Waals surface area contributed by atoms with Gasteiger partial charge in [-0.2, -0.15) is 13.2 Å². The van der Waals surface area contributed by atoms with Gasteiger partial charge in [-0.3, -0.25) is 0 Å². The Kier molecular flexibility index (Phi) is 4.13. The van der Waals surface area contributed by atoms with Crippen molar-refractivity contribution in [2.45, 2.75) is 33.4 Å². The van der Waals surface area contributed by atoms with Gasteiger partial charge in [-0.1, -0.05) is 62.4 Å². The molecule has 0 radical (unpaired) electrons. The van der Waals surface area contributed by atoms with Crippen molar-refractivity contribution in [3.05, 3.63) is 59.7 Å². The fraction of sp³-hybridized carbons (Fsp3) is 0.333. The van der Waals surface area contributed by atoms with Gasteiger partial charge < -0.3 is 0 Å². The number of rotatable bonds is 3. The first-order chi connectivity index (χ1) is 9.71. The van der Waals surface area contributed by atoms with Crippen LogP contribution < -0.4 is 0 Å². The van der Waals surface area contributed by atoms with Gasteiger partial charge in [-0.25, -0.2) is 0 Å². The van der Waals surface area contributed by atoms with E-state index in [0.29, 0.717) is 5.56 Å². The summed E-state index contributed by atoms with van der Waals surface area (Å²) in [6.07, 6.45) is -4.22. The Morgan fingerprint density at radius 1 is 0.905 bits per heavy atom. The molecule has 0 heterocycles. The standard InChI is InChI=1S/C18H19F3/c1-13-9-10-14(12-17(2,3)18(19,20)21)11-16(13)15-7-5-4-6-8-15/h4-11H,12H2,1-3H3. The van der Waals surface area contributed by atoms with Crippen LogP contribution in [0.4, 0.5) is 13.2 Å². The van der Waals surface area contributed by atoms with Crippen molar-refractivity contribution >= 4 is 0 Å². The van der Waals surface area contributed by atoms with Gasteiger partial charge in [0.25, 0.3) is 0 Å². The molecule has 0 amide bonds. The summed E-state index contributed by atoms with van der Waals surface area (Å²) < 4.78 is 39.1. The topological polar surface area (TPSA) is 0 Å². The fourth-order valence-corrected chi connectivity index (χ4v) is 2.32. The highest BCUT2D eigenvalue weighted by Gasteiger charge is 2.46. The van der Waals surface area contributed by atoms with Crippen molar-refractivity contribution in [1.29, 1.82) is 0 Å². The van der Waals surface area contributed by atoms with Gasteiger partial charge in [-0.05, 0) is 35.6 Å². The van der Waals surface area contributed by atoms with Crippen LogP contribution in [0.2, 0.25) is 0 Å². The summed E-state index contributed by atoms with van der Waals surface area (Å²) in [5.41, 5.74) is 2.07. The number of halogens is 3. The van der Waals surface area contributed by atoms with Crippen molar-refractivity contribution in [3.63, 3.8) is 0 Å². The largest absolute Gasteiger partial charge is 0.394 e. The summed E-state index contributed by atoms with van der Waals surface area (Å²) >= 11 is 0. The van der Waals surface area contributed by atoms with E-state index in [1.807, 2.05) is 49.4 Å². The van der Waals surface area contributed by atoms with E-state index in [0.717, 1.165) is 16.7 Å².